The molecule has 0 bridgehead atoms. The highest BCUT2D eigenvalue weighted by Crippen LogP contribution is 2.23. The van der Waals surface area contributed by atoms with Crippen molar-refractivity contribution < 1.29 is 19.2 Å². The minimum absolute atomic E-state index is 0.0189. The Morgan fingerprint density at radius 3 is 2.32 bits per heavy atom. The number of ketones is 1. The van der Waals surface area contributed by atoms with Gasteiger partial charge in [0.15, 0.2) is 6.61 Å². The third kappa shape index (κ3) is 4.22. The first-order valence-corrected chi connectivity index (χ1v) is 7.80. The quantitative estimate of drug-likeness (QED) is 0.344. The van der Waals surface area contributed by atoms with Crippen LogP contribution in [0.5, 0.6) is 0 Å². The lowest BCUT2D eigenvalue weighted by atomic mass is 9.98. The first-order chi connectivity index (χ1) is 11.7. The fourth-order valence-corrected chi connectivity index (χ4v) is 2.53. The maximum absolute atomic E-state index is 12.3. The van der Waals surface area contributed by atoms with Gasteiger partial charge in [0.1, 0.15) is 0 Å². The Hall–Kier alpha value is -2.73. The van der Waals surface area contributed by atoms with Crippen LogP contribution >= 0.6 is 11.6 Å². The molecule has 0 fully saturated rings. The molecular formula is C18H16ClNO5. The normalized spacial score (nSPS) is 10.4. The van der Waals surface area contributed by atoms with Crippen molar-refractivity contribution in [1.29, 1.82) is 0 Å². The summed E-state index contributed by atoms with van der Waals surface area (Å²) in [6, 6.07) is 7.09. The van der Waals surface area contributed by atoms with Crippen LogP contribution in [0, 0.1) is 30.9 Å². The molecule has 0 saturated heterocycles. The Morgan fingerprint density at radius 2 is 1.68 bits per heavy atom. The zero-order valence-electron chi connectivity index (χ0n) is 14.0. The number of benzene rings is 2. The second kappa shape index (κ2) is 7.44. The molecule has 2 aromatic rings. The van der Waals surface area contributed by atoms with Crippen molar-refractivity contribution in [3.8, 4) is 0 Å². The maximum atomic E-state index is 12.3. The second-order valence-electron chi connectivity index (χ2n) is 5.67. The van der Waals surface area contributed by atoms with Gasteiger partial charge in [-0.25, -0.2) is 4.79 Å². The Kier molecular flexibility index (Phi) is 5.54. The van der Waals surface area contributed by atoms with E-state index in [1.807, 2.05) is 19.9 Å². The molecule has 0 aliphatic rings. The second-order valence-corrected chi connectivity index (χ2v) is 6.08. The molecule has 0 unspecified atom stereocenters. The summed E-state index contributed by atoms with van der Waals surface area (Å²) in [5, 5.41) is 10.8. The molecule has 0 aromatic heterocycles. The van der Waals surface area contributed by atoms with Gasteiger partial charge in [0.25, 0.3) is 5.69 Å². The molecule has 7 heteroatoms. The van der Waals surface area contributed by atoms with E-state index in [2.05, 4.69) is 0 Å². The Bertz CT molecular complexity index is 876. The summed E-state index contributed by atoms with van der Waals surface area (Å²) in [6.07, 6.45) is 0. The van der Waals surface area contributed by atoms with Gasteiger partial charge < -0.3 is 4.74 Å². The first-order valence-electron chi connectivity index (χ1n) is 7.43. The summed E-state index contributed by atoms with van der Waals surface area (Å²) in [4.78, 5) is 34.6. The van der Waals surface area contributed by atoms with Gasteiger partial charge in [0, 0.05) is 17.7 Å². The van der Waals surface area contributed by atoms with Gasteiger partial charge in [-0.3, -0.25) is 14.9 Å². The average molecular weight is 362 g/mol. The lowest BCUT2D eigenvalue weighted by Crippen LogP contribution is -2.16. The first kappa shape index (κ1) is 18.6. The molecular weight excluding hydrogens is 346 g/mol. The zero-order valence-corrected chi connectivity index (χ0v) is 14.7. The molecule has 6 nitrogen and oxygen atoms in total. The van der Waals surface area contributed by atoms with E-state index < -0.39 is 17.5 Å². The van der Waals surface area contributed by atoms with Crippen LogP contribution in [0.4, 0.5) is 5.69 Å². The van der Waals surface area contributed by atoms with Crippen LogP contribution in [0.3, 0.4) is 0 Å². The summed E-state index contributed by atoms with van der Waals surface area (Å²) >= 11 is 5.88. The van der Waals surface area contributed by atoms with E-state index in [1.165, 1.54) is 12.1 Å². The van der Waals surface area contributed by atoms with Gasteiger partial charge in [-0.05, 0) is 49.6 Å². The van der Waals surface area contributed by atoms with Crippen molar-refractivity contribution in [2.24, 2.45) is 0 Å². The number of hydrogen-bond acceptors (Lipinski definition) is 5. The number of nitro groups is 1. The van der Waals surface area contributed by atoms with Crippen molar-refractivity contribution in [1.82, 2.24) is 0 Å². The van der Waals surface area contributed by atoms with Crippen LogP contribution < -0.4 is 0 Å². The highest BCUT2D eigenvalue weighted by Gasteiger charge is 2.19. The third-order valence-electron chi connectivity index (χ3n) is 3.86. The summed E-state index contributed by atoms with van der Waals surface area (Å²) in [5.41, 5.74) is 2.85. The Morgan fingerprint density at radius 1 is 1.04 bits per heavy atom. The van der Waals surface area contributed by atoms with Crippen molar-refractivity contribution >= 4 is 29.0 Å². The number of Topliss-reactive ketones (excluding diaryl/α,β-unsaturated/α-hetero) is 1. The number of carbonyl (C=O) groups excluding carboxylic acids is 2. The molecule has 0 amide bonds. The summed E-state index contributed by atoms with van der Waals surface area (Å²) in [5.74, 6) is -1.24. The molecule has 2 aromatic carbocycles. The molecule has 25 heavy (non-hydrogen) atoms. The van der Waals surface area contributed by atoms with E-state index in [-0.39, 0.29) is 22.1 Å². The van der Waals surface area contributed by atoms with Gasteiger partial charge in [-0.1, -0.05) is 17.7 Å². The number of ether oxygens (including phenoxy) is 1. The van der Waals surface area contributed by atoms with Crippen LogP contribution in [0.25, 0.3) is 0 Å². The number of non-ortho nitro benzene ring substituents is 1. The SMILES string of the molecule is Cc1cc(C)c(C(=O)COC(=O)c2cc([N+](=O)[O-])ccc2Cl)cc1C. The lowest BCUT2D eigenvalue weighted by Gasteiger charge is -2.10. The number of rotatable bonds is 5. The molecule has 0 N–H and O–H groups in total. The number of hydrogen-bond donors (Lipinski definition) is 0. The van der Waals surface area contributed by atoms with E-state index in [9.17, 15) is 19.7 Å². The minimum atomic E-state index is -0.886. The lowest BCUT2D eigenvalue weighted by molar-refractivity contribution is -0.384. The highest BCUT2D eigenvalue weighted by atomic mass is 35.5. The fourth-order valence-electron chi connectivity index (χ4n) is 2.33. The van der Waals surface area contributed by atoms with Gasteiger partial charge in [0.2, 0.25) is 5.78 Å². The van der Waals surface area contributed by atoms with Crippen molar-refractivity contribution in [3.63, 3.8) is 0 Å². The predicted octanol–water partition coefficient (Wildman–Crippen LogP) is 4.21. The summed E-state index contributed by atoms with van der Waals surface area (Å²) in [6.45, 7) is 5.17. The van der Waals surface area contributed by atoms with Crippen molar-refractivity contribution in [2.45, 2.75) is 20.8 Å². The topological polar surface area (TPSA) is 86.5 Å². The van der Waals surface area contributed by atoms with E-state index in [4.69, 9.17) is 16.3 Å². The van der Waals surface area contributed by atoms with Gasteiger partial charge in [-0.2, -0.15) is 0 Å². The minimum Gasteiger partial charge on any atom is -0.454 e. The van der Waals surface area contributed by atoms with Crippen molar-refractivity contribution in [2.75, 3.05) is 6.61 Å². The van der Waals surface area contributed by atoms with E-state index >= 15 is 0 Å². The van der Waals surface area contributed by atoms with Crippen LogP contribution in [-0.4, -0.2) is 23.3 Å². The molecule has 130 valence electrons. The van der Waals surface area contributed by atoms with Crippen LogP contribution in [0.2, 0.25) is 5.02 Å². The zero-order chi connectivity index (χ0) is 18.7. The average Bonchev–Trinajstić information content (AvgIpc) is 2.55. The molecule has 0 aliphatic carbocycles. The predicted molar refractivity (Wildman–Crippen MR) is 93.4 cm³/mol. The molecule has 0 heterocycles. The van der Waals surface area contributed by atoms with Crippen LogP contribution in [0.1, 0.15) is 37.4 Å². The standard InChI is InChI=1S/C18H16ClNO5/c1-10-6-12(3)14(7-11(10)2)17(21)9-25-18(22)15-8-13(20(23)24)4-5-16(15)19/h4-8H,9H2,1-3H3. The maximum Gasteiger partial charge on any atom is 0.340 e. The molecule has 0 radical (unpaired) electrons. The van der Waals surface area contributed by atoms with E-state index in [0.29, 0.717) is 5.56 Å². The summed E-state index contributed by atoms with van der Waals surface area (Å²) in [7, 11) is 0. The number of halogens is 1. The molecule has 0 aliphatic heterocycles. The number of nitro benzene ring substituents is 1. The number of carbonyl (C=O) groups is 2. The largest absolute Gasteiger partial charge is 0.454 e. The molecule has 0 atom stereocenters. The van der Waals surface area contributed by atoms with Gasteiger partial charge in [-0.15, -0.1) is 0 Å². The molecule has 0 saturated carbocycles. The van der Waals surface area contributed by atoms with Crippen LogP contribution in [0.15, 0.2) is 30.3 Å². The highest BCUT2D eigenvalue weighted by molar-refractivity contribution is 6.33. The summed E-state index contributed by atoms with van der Waals surface area (Å²) < 4.78 is 4.99. The van der Waals surface area contributed by atoms with Crippen LogP contribution in [-0.2, 0) is 4.74 Å². The Balaban J connectivity index is 2.15. The number of nitrogens with zero attached hydrogens (tertiary/aromatic N) is 1. The third-order valence-corrected chi connectivity index (χ3v) is 4.19. The number of esters is 1. The van der Waals surface area contributed by atoms with E-state index in [0.717, 1.165) is 22.8 Å². The van der Waals surface area contributed by atoms with Gasteiger partial charge in [0.05, 0.1) is 15.5 Å². The molecule has 2 rings (SSSR count). The van der Waals surface area contributed by atoms with Crippen molar-refractivity contribution in [3.05, 3.63) is 73.3 Å². The van der Waals surface area contributed by atoms with Gasteiger partial charge >= 0.3 is 5.97 Å². The van der Waals surface area contributed by atoms with E-state index in [1.54, 1.807) is 13.0 Å². The molecule has 0 spiro atoms. The number of aryl methyl sites for hydroxylation is 3. The monoisotopic (exact) mass is 361 g/mol. The fraction of sp³-hybridized carbons (Fsp3) is 0.222. The Labute approximate surface area is 149 Å². The smallest absolute Gasteiger partial charge is 0.340 e.